The lowest BCUT2D eigenvalue weighted by Crippen LogP contribution is -1.99. The van der Waals surface area contributed by atoms with E-state index in [1.165, 1.54) is 0 Å². The van der Waals surface area contributed by atoms with Gasteiger partial charge in [-0.1, -0.05) is 43.0 Å². The maximum Gasteiger partial charge on any atom is 0.0349 e. The van der Waals surface area contributed by atoms with Gasteiger partial charge in [-0.25, -0.2) is 0 Å². The van der Waals surface area contributed by atoms with Gasteiger partial charge >= 0.3 is 0 Å². The Morgan fingerprint density at radius 3 is 2.67 bits per heavy atom. The Balaban J connectivity index is 3.02. The minimum Gasteiger partial charge on any atom is -0.398 e. The van der Waals surface area contributed by atoms with Gasteiger partial charge in [0.2, 0.25) is 0 Å². The minimum atomic E-state index is 0.774. The average molecular weight is 159 g/mol. The van der Waals surface area contributed by atoms with Crippen molar-refractivity contribution in [1.82, 2.24) is 0 Å². The highest BCUT2D eigenvalue weighted by molar-refractivity contribution is 5.39. The molecule has 0 amide bonds. The first-order valence-electron chi connectivity index (χ1n) is 3.87. The van der Waals surface area contributed by atoms with Crippen LogP contribution < -0.4 is 5.73 Å². The Labute approximate surface area is 73.3 Å². The van der Waals surface area contributed by atoms with E-state index in [4.69, 9.17) is 5.73 Å². The van der Waals surface area contributed by atoms with Gasteiger partial charge in [0.15, 0.2) is 0 Å². The molecule has 0 atom stereocenters. The number of rotatable bonds is 1. The minimum absolute atomic E-state index is 0.774. The third-order valence-electron chi connectivity index (χ3n) is 1.75. The standard InChI is InChI=1S/C11H13N/c1-3-10-8-9(2)6-4-5-7-11(10)12/h3-7H,1-2,8,12H2. The predicted octanol–water partition coefficient (Wildman–Crippen LogP) is 2.46. The summed E-state index contributed by atoms with van der Waals surface area (Å²) in [6.07, 6.45) is 10.3. The van der Waals surface area contributed by atoms with E-state index in [0.717, 1.165) is 23.3 Å². The molecule has 2 N–H and O–H groups in total. The fourth-order valence-corrected chi connectivity index (χ4v) is 1.05. The van der Waals surface area contributed by atoms with Gasteiger partial charge < -0.3 is 5.73 Å². The number of allylic oxidation sites excluding steroid dienone is 7. The summed E-state index contributed by atoms with van der Waals surface area (Å²) >= 11 is 0. The van der Waals surface area contributed by atoms with Gasteiger partial charge in [-0.05, 0) is 18.1 Å². The first kappa shape index (κ1) is 8.60. The normalized spacial score (nSPS) is 17.5. The molecule has 0 unspecified atom stereocenters. The number of hydrogen-bond donors (Lipinski definition) is 1. The van der Waals surface area contributed by atoms with Crippen LogP contribution in [0, 0.1) is 0 Å². The second-order valence-electron chi connectivity index (χ2n) is 2.74. The van der Waals surface area contributed by atoms with Crippen LogP contribution in [0.4, 0.5) is 0 Å². The van der Waals surface area contributed by atoms with E-state index in [1.54, 1.807) is 6.08 Å². The molecule has 0 saturated carbocycles. The highest BCUT2D eigenvalue weighted by Crippen LogP contribution is 2.16. The van der Waals surface area contributed by atoms with Crippen LogP contribution in [-0.4, -0.2) is 0 Å². The second kappa shape index (κ2) is 3.77. The van der Waals surface area contributed by atoms with E-state index in [0.29, 0.717) is 0 Å². The van der Waals surface area contributed by atoms with Crippen LogP contribution in [0.3, 0.4) is 0 Å². The van der Waals surface area contributed by atoms with Gasteiger partial charge in [-0.3, -0.25) is 0 Å². The average Bonchev–Trinajstić information content (AvgIpc) is 2.05. The van der Waals surface area contributed by atoms with Gasteiger partial charge in [0, 0.05) is 5.70 Å². The molecule has 62 valence electrons. The maximum atomic E-state index is 5.77. The molecule has 1 rings (SSSR count). The molecule has 1 aliphatic carbocycles. The van der Waals surface area contributed by atoms with Crippen LogP contribution in [-0.2, 0) is 0 Å². The van der Waals surface area contributed by atoms with E-state index in [9.17, 15) is 0 Å². The van der Waals surface area contributed by atoms with Crippen molar-refractivity contribution in [2.45, 2.75) is 6.42 Å². The molecule has 1 heteroatoms. The van der Waals surface area contributed by atoms with Gasteiger partial charge in [0.25, 0.3) is 0 Å². The zero-order chi connectivity index (χ0) is 8.97. The van der Waals surface area contributed by atoms with Crippen LogP contribution in [0.5, 0.6) is 0 Å². The Bertz CT molecular complexity index is 290. The molecule has 0 heterocycles. The summed E-state index contributed by atoms with van der Waals surface area (Å²) in [5.74, 6) is 0. The van der Waals surface area contributed by atoms with Crippen molar-refractivity contribution < 1.29 is 0 Å². The van der Waals surface area contributed by atoms with E-state index >= 15 is 0 Å². The van der Waals surface area contributed by atoms with Gasteiger partial charge in [0.1, 0.15) is 0 Å². The highest BCUT2D eigenvalue weighted by Gasteiger charge is 1.99. The number of hydrogen-bond acceptors (Lipinski definition) is 1. The summed E-state index contributed by atoms with van der Waals surface area (Å²) < 4.78 is 0. The van der Waals surface area contributed by atoms with Crippen molar-refractivity contribution in [2.75, 3.05) is 0 Å². The smallest absolute Gasteiger partial charge is 0.0349 e. The summed E-state index contributed by atoms with van der Waals surface area (Å²) in [5, 5.41) is 0. The summed E-state index contributed by atoms with van der Waals surface area (Å²) in [4.78, 5) is 0. The molecule has 0 aliphatic heterocycles. The molecule has 0 spiro atoms. The molecule has 0 saturated heterocycles. The van der Waals surface area contributed by atoms with Gasteiger partial charge in [-0.15, -0.1) is 0 Å². The Morgan fingerprint density at radius 2 is 2.00 bits per heavy atom. The molecule has 1 nitrogen and oxygen atoms in total. The van der Waals surface area contributed by atoms with Crippen molar-refractivity contribution in [3.8, 4) is 0 Å². The molecule has 0 aromatic carbocycles. The lowest BCUT2D eigenvalue weighted by Gasteiger charge is -2.06. The van der Waals surface area contributed by atoms with Crippen molar-refractivity contribution in [3.63, 3.8) is 0 Å². The zero-order valence-corrected chi connectivity index (χ0v) is 7.09. The molecule has 0 aromatic heterocycles. The van der Waals surface area contributed by atoms with E-state index in [1.807, 2.05) is 24.3 Å². The van der Waals surface area contributed by atoms with Gasteiger partial charge in [-0.2, -0.15) is 0 Å². The molecule has 12 heavy (non-hydrogen) atoms. The van der Waals surface area contributed by atoms with Gasteiger partial charge in [0.05, 0.1) is 0 Å². The molecule has 0 radical (unpaired) electrons. The fraction of sp³-hybridized carbons (Fsp3) is 0.0909. The first-order valence-corrected chi connectivity index (χ1v) is 3.87. The topological polar surface area (TPSA) is 26.0 Å². The van der Waals surface area contributed by atoms with Crippen LogP contribution >= 0.6 is 0 Å². The van der Waals surface area contributed by atoms with Crippen molar-refractivity contribution in [3.05, 3.63) is 60.4 Å². The second-order valence-corrected chi connectivity index (χ2v) is 2.74. The lowest BCUT2D eigenvalue weighted by atomic mass is 10.0. The van der Waals surface area contributed by atoms with E-state index < -0.39 is 0 Å². The Kier molecular flexibility index (Phi) is 2.70. The van der Waals surface area contributed by atoms with Crippen molar-refractivity contribution in [2.24, 2.45) is 5.73 Å². The third kappa shape index (κ3) is 1.99. The van der Waals surface area contributed by atoms with Crippen LogP contribution in [0.15, 0.2) is 60.4 Å². The molecule has 0 bridgehead atoms. The van der Waals surface area contributed by atoms with Crippen molar-refractivity contribution >= 4 is 0 Å². The molecule has 1 aliphatic rings. The lowest BCUT2D eigenvalue weighted by molar-refractivity contribution is 1.16. The van der Waals surface area contributed by atoms with Crippen molar-refractivity contribution in [1.29, 1.82) is 0 Å². The summed E-state index contributed by atoms with van der Waals surface area (Å²) in [5.41, 5.74) is 8.64. The van der Waals surface area contributed by atoms with Crippen LogP contribution in [0.25, 0.3) is 0 Å². The Hall–Kier alpha value is -1.50. The van der Waals surface area contributed by atoms with E-state index in [-0.39, 0.29) is 0 Å². The van der Waals surface area contributed by atoms with E-state index in [2.05, 4.69) is 13.2 Å². The fourth-order valence-electron chi connectivity index (χ4n) is 1.05. The maximum absolute atomic E-state index is 5.77. The summed E-state index contributed by atoms with van der Waals surface area (Å²) in [6.45, 7) is 7.59. The molecular weight excluding hydrogens is 146 g/mol. The SMILES string of the molecule is C=CC1=C(N)C=CC=CC(=C)C1. The molecular formula is C11H13N. The van der Waals surface area contributed by atoms with Crippen LogP contribution in [0.1, 0.15) is 6.42 Å². The Morgan fingerprint density at radius 1 is 1.33 bits per heavy atom. The summed E-state index contributed by atoms with van der Waals surface area (Å²) in [6, 6.07) is 0. The molecule has 0 aromatic rings. The quantitative estimate of drug-likeness (QED) is 0.625. The number of nitrogens with two attached hydrogens (primary N) is 1. The largest absolute Gasteiger partial charge is 0.398 e. The first-order chi connectivity index (χ1) is 5.74. The highest BCUT2D eigenvalue weighted by atomic mass is 14.6. The zero-order valence-electron chi connectivity index (χ0n) is 7.09. The monoisotopic (exact) mass is 159 g/mol. The predicted molar refractivity (Wildman–Crippen MR) is 53.4 cm³/mol. The van der Waals surface area contributed by atoms with Crippen LogP contribution in [0.2, 0.25) is 0 Å². The molecule has 0 fully saturated rings. The summed E-state index contributed by atoms with van der Waals surface area (Å²) in [7, 11) is 0. The third-order valence-corrected chi connectivity index (χ3v) is 1.75.